The van der Waals surface area contributed by atoms with Crippen molar-refractivity contribution < 1.29 is 12.8 Å². The van der Waals surface area contributed by atoms with E-state index in [9.17, 15) is 12.8 Å². The van der Waals surface area contributed by atoms with Crippen molar-refractivity contribution in [3.05, 3.63) is 102 Å². The van der Waals surface area contributed by atoms with Crippen LogP contribution in [-0.2, 0) is 10.0 Å². The number of aromatic nitrogens is 1. The maximum atomic E-state index is 13.1. The number of benzene rings is 3. The Morgan fingerprint density at radius 2 is 1.57 bits per heavy atom. The lowest BCUT2D eigenvalue weighted by Gasteiger charge is -2.18. The second-order valence-electron chi connectivity index (χ2n) is 6.56. The molecule has 0 radical (unpaired) electrons. The van der Waals surface area contributed by atoms with Gasteiger partial charge >= 0.3 is 0 Å². The summed E-state index contributed by atoms with van der Waals surface area (Å²) in [5.74, 6) is -0.646. The van der Waals surface area contributed by atoms with E-state index in [0.717, 1.165) is 34.2 Å². The van der Waals surface area contributed by atoms with E-state index >= 15 is 0 Å². The van der Waals surface area contributed by atoms with E-state index < -0.39 is 15.8 Å². The molecule has 142 valence electrons. The Morgan fingerprint density at radius 1 is 0.893 bits per heavy atom. The summed E-state index contributed by atoms with van der Waals surface area (Å²) < 4.78 is 41.2. The molecule has 0 aliphatic heterocycles. The van der Waals surface area contributed by atoms with Gasteiger partial charge in [-0.15, -0.1) is 0 Å². The van der Waals surface area contributed by atoms with Gasteiger partial charge in [-0.25, -0.2) is 17.5 Å². The Hall–Kier alpha value is -2.96. The van der Waals surface area contributed by atoms with Crippen LogP contribution in [0.5, 0.6) is 0 Å². The van der Waals surface area contributed by atoms with Crippen LogP contribution in [0.25, 0.3) is 10.9 Å². The van der Waals surface area contributed by atoms with Gasteiger partial charge < -0.3 is 4.98 Å². The van der Waals surface area contributed by atoms with Gasteiger partial charge in [-0.2, -0.15) is 0 Å². The predicted octanol–water partition coefficient (Wildman–Crippen LogP) is 4.42. The molecule has 0 saturated carbocycles. The van der Waals surface area contributed by atoms with Gasteiger partial charge in [0.1, 0.15) is 5.82 Å². The minimum absolute atomic E-state index is 0.0413. The first-order chi connectivity index (χ1) is 13.5. The Bertz CT molecular complexity index is 1190. The number of H-pyrrole nitrogens is 1. The average Bonchev–Trinajstić information content (AvgIpc) is 3.13. The van der Waals surface area contributed by atoms with Crippen molar-refractivity contribution >= 4 is 20.9 Å². The van der Waals surface area contributed by atoms with Gasteiger partial charge in [0.15, 0.2) is 0 Å². The van der Waals surface area contributed by atoms with Crippen LogP contribution in [0.15, 0.2) is 90.0 Å². The van der Waals surface area contributed by atoms with Crippen molar-refractivity contribution in [2.75, 3.05) is 6.54 Å². The molecule has 4 rings (SSSR count). The molecule has 4 nitrogen and oxygen atoms in total. The molecule has 0 aliphatic rings. The molecule has 1 atom stereocenters. The van der Waals surface area contributed by atoms with Crippen LogP contribution >= 0.6 is 0 Å². The van der Waals surface area contributed by atoms with E-state index in [0.29, 0.717) is 0 Å². The molecule has 2 N–H and O–H groups in total. The van der Waals surface area contributed by atoms with Gasteiger partial charge in [0, 0.05) is 29.6 Å². The molecule has 0 amide bonds. The van der Waals surface area contributed by atoms with Crippen LogP contribution in [0.3, 0.4) is 0 Å². The fraction of sp³-hybridized carbons (Fsp3) is 0.0909. The zero-order valence-electron chi connectivity index (χ0n) is 15.0. The van der Waals surface area contributed by atoms with Crippen LogP contribution < -0.4 is 4.72 Å². The van der Waals surface area contributed by atoms with Crippen LogP contribution in [0.4, 0.5) is 4.39 Å². The number of hydrogen-bond donors (Lipinski definition) is 2. The first kappa shape index (κ1) is 18.4. The SMILES string of the molecule is O=S(=O)(NC[C@@H](c1ccccc1)c1c[nH]c2ccccc12)c1ccc(F)cc1. The summed E-state index contributed by atoms with van der Waals surface area (Å²) in [7, 11) is -3.75. The second-order valence-corrected chi connectivity index (χ2v) is 8.33. The number of para-hydroxylation sites is 1. The summed E-state index contributed by atoms with van der Waals surface area (Å²) in [6, 6.07) is 22.5. The molecule has 3 aromatic carbocycles. The molecule has 1 aromatic heterocycles. The molecule has 0 aliphatic carbocycles. The van der Waals surface area contributed by atoms with Crippen LogP contribution in [0.1, 0.15) is 17.0 Å². The topological polar surface area (TPSA) is 62.0 Å². The van der Waals surface area contributed by atoms with Gasteiger partial charge in [0.05, 0.1) is 4.90 Å². The highest BCUT2D eigenvalue weighted by Crippen LogP contribution is 2.30. The molecule has 0 saturated heterocycles. The number of nitrogens with one attached hydrogen (secondary N) is 2. The molecule has 6 heteroatoms. The summed E-state index contributed by atoms with van der Waals surface area (Å²) in [4.78, 5) is 3.30. The van der Waals surface area contributed by atoms with Crippen LogP contribution in [0.2, 0.25) is 0 Å². The lowest BCUT2D eigenvalue weighted by molar-refractivity contribution is 0.577. The monoisotopic (exact) mass is 394 g/mol. The number of halogens is 1. The first-order valence-corrected chi connectivity index (χ1v) is 10.4. The van der Waals surface area contributed by atoms with Gasteiger partial charge in [-0.1, -0.05) is 48.5 Å². The standard InChI is InChI=1S/C22H19FN2O2S/c23-17-10-12-18(13-11-17)28(26,27)25-15-20(16-6-2-1-3-7-16)21-14-24-22-9-5-4-8-19(21)22/h1-14,20,24-25H,15H2/t20-/m0/s1. The van der Waals surface area contributed by atoms with Crippen LogP contribution in [-0.4, -0.2) is 19.9 Å². The van der Waals surface area contributed by atoms with E-state index in [1.807, 2.05) is 60.8 Å². The fourth-order valence-electron chi connectivity index (χ4n) is 3.37. The normalized spacial score (nSPS) is 12.9. The molecule has 0 bridgehead atoms. The summed E-state index contributed by atoms with van der Waals surface area (Å²) in [6.07, 6.45) is 1.93. The molecule has 28 heavy (non-hydrogen) atoms. The second kappa shape index (κ2) is 7.58. The predicted molar refractivity (Wildman–Crippen MR) is 108 cm³/mol. The van der Waals surface area contributed by atoms with Crippen LogP contribution in [0, 0.1) is 5.82 Å². The maximum Gasteiger partial charge on any atom is 0.240 e. The molecule has 0 spiro atoms. The van der Waals surface area contributed by atoms with E-state index in [1.165, 1.54) is 12.1 Å². The van der Waals surface area contributed by atoms with Crippen molar-refractivity contribution in [2.45, 2.75) is 10.8 Å². The quantitative estimate of drug-likeness (QED) is 0.509. The summed E-state index contributed by atoms with van der Waals surface area (Å²) >= 11 is 0. The molecule has 0 unspecified atom stereocenters. The highest BCUT2D eigenvalue weighted by Gasteiger charge is 2.22. The number of hydrogen-bond acceptors (Lipinski definition) is 2. The maximum absolute atomic E-state index is 13.1. The van der Waals surface area contributed by atoms with E-state index in [1.54, 1.807) is 0 Å². The van der Waals surface area contributed by atoms with Crippen molar-refractivity contribution in [3.8, 4) is 0 Å². The first-order valence-electron chi connectivity index (χ1n) is 8.91. The molecule has 4 aromatic rings. The zero-order chi connectivity index (χ0) is 19.6. The third-order valence-electron chi connectivity index (χ3n) is 4.80. The Kier molecular flexibility index (Phi) is 4.98. The highest BCUT2D eigenvalue weighted by molar-refractivity contribution is 7.89. The summed E-state index contributed by atoms with van der Waals surface area (Å²) in [5, 5.41) is 1.05. The van der Waals surface area contributed by atoms with Gasteiger partial charge in [0.25, 0.3) is 0 Å². The largest absolute Gasteiger partial charge is 0.361 e. The van der Waals surface area contributed by atoms with Gasteiger partial charge in [0.2, 0.25) is 10.0 Å². The van der Waals surface area contributed by atoms with E-state index in [4.69, 9.17) is 0 Å². The Labute approximate surface area is 163 Å². The molecular formula is C22H19FN2O2S. The Morgan fingerprint density at radius 3 is 2.32 bits per heavy atom. The summed E-state index contributed by atoms with van der Waals surface area (Å²) in [5.41, 5.74) is 3.03. The molecular weight excluding hydrogens is 375 g/mol. The number of fused-ring (bicyclic) bond motifs is 1. The number of rotatable bonds is 6. The average molecular weight is 394 g/mol. The Balaban J connectivity index is 1.68. The lowest BCUT2D eigenvalue weighted by Crippen LogP contribution is -2.29. The minimum Gasteiger partial charge on any atom is -0.361 e. The smallest absolute Gasteiger partial charge is 0.240 e. The van der Waals surface area contributed by atoms with Gasteiger partial charge in [-0.3, -0.25) is 0 Å². The molecule has 1 heterocycles. The molecule has 0 fully saturated rings. The summed E-state index contributed by atoms with van der Waals surface area (Å²) in [6.45, 7) is 0.186. The lowest BCUT2D eigenvalue weighted by atomic mass is 9.91. The fourth-order valence-corrected chi connectivity index (χ4v) is 4.41. The van der Waals surface area contributed by atoms with Crippen molar-refractivity contribution in [3.63, 3.8) is 0 Å². The van der Waals surface area contributed by atoms with E-state index in [2.05, 4.69) is 9.71 Å². The van der Waals surface area contributed by atoms with E-state index in [-0.39, 0.29) is 17.4 Å². The third-order valence-corrected chi connectivity index (χ3v) is 6.24. The van der Waals surface area contributed by atoms with Crippen molar-refractivity contribution in [1.82, 2.24) is 9.71 Å². The van der Waals surface area contributed by atoms with Crippen molar-refractivity contribution in [2.24, 2.45) is 0 Å². The number of aromatic amines is 1. The third kappa shape index (κ3) is 3.69. The van der Waals surface area contributed by atoms with Gasteiger partial charge in [-0.05, 0) is 41.5 Å². The zero-order valence-corrected chi connectivity index (χ0v) is 15.8. The minimum atomic E-state index is -3.75. The highest BCUT2D eigenvalue weighted by atomic mass is 32.2. The number of sulfonamides is 1. The van der Waals surface area contributed by atoms with Crippen molar-refractivity contribution in [1.29, 1.82) is 0 Å².